The van der Waals surface area contributed by atoms with Crippen molar-refractivity contribution in [2.24, 2.45) is 0 Å². The minimum atomic E-state index is -4.35. The van der Waals surface area contributed by atoms with Gasteiger partial charge in [0.05, 0.1) is 45.4 Å². The Balaban J connectivity index is 0.000000317. The van der Waals surface area contributed by atoms with Crippen LogP contribution in [0.1, 0.15) is 27.4 Å². The second-order valence-electron chi connectivity index (χ2n) is 9.59. The number of methoxy groups -OCH3 is 2. The molecule has 0 saturated heterocycles. The predicted molar refractivity (Wildman–Crippen MR) is 160 cm³/mol. The molecule has 3 rings (SSSR count). The molecule has 246 valence electrons. The number of halogens is 3. The van der Waals surface area contributed by atoms with Gasteiger partial charge in [-0.3, -0.25) is 9.52 Å². The van der Waals surface area contributed by atoms with Crippen molar-refractivity contribution in [1.82, 2.24) is 20.6 Å². The van der Waals surface area contributed by atoms with Crippen molar-refractivity contribution in [2.75, 3.05) is 45.1 Å². The monoisotopic (exact) mass is 675 g/mol. The van der Waals surface area contributed by atoms with Crippen LogP contribution in [0.3, 0.4) is 0 Å². The maximum absolute atomic E-state index is 12.4. The van der Waals surface area contributed by atoms with Crippen LogP contribution < -0.4 is 24.3 Å². The molecule has 2 aromatic carbocycles. The largest absolute Gasteiger partial charge is 0.489 e. The number of aromatic nitrogens is 2. The first kappa shape index (κ1) is 37.0. The fraction of sp³-hybridized carbons (Fsp3) is 0.333. The molecule has 13 nitrogen and oxygen atoms in total. The first-order valence-electron chi connectivity index (χ1n) is 12.9. The Hall–Kier alpha value is -4.21. The molecule has 0 atom stereocenters. The van der Waals surface area contributed by atoms with Crippen LogP contribution in [0.2, 0.25) is 0 Å². The fourth-order valence-corrected chi connectivity index (χ4v) is 4.60. The molecule has 0 unspecified atom stereocenters. The van der Waals surface area contributed by atoms with Crippen LogP contribution in [0.4, 0.5) is 18.9 Å². The summed E-state index contributed by atoms with van der Waals surface area (Å²) in [6.45, 7) is 4.91. The van der Waals surface area contributed by atoms with Gasteiger partial charge in [0.2, 0.25) is 11.7 Å². The molecule has 0 aliphatic rings. The summed E-state index contributed by atoms with van der Waals surface area (Å²) >= 11 is 0. The summed E-state index contributed by atoms with van der Waals surface area (Å²) in [5, 5.41) is 5.34. The molecule has 1 aromatic heterocycles. The zero-order valence-corrected chi connectivity index (χ0v) is 26.7. The summed E-state index contributed by atoms with van der Waals surface area (Å²) in [4.78, 5) is 30.9. The topological polar surface area (TPSA) is 175 Å². The molecule has 1 heterocycles. The van der Waals surface area contributed by atoms with Crippen molar-refractivity contribution in [1.29, 1.82) is 0 Å². The van der Waals surface area contributed by atoms with Gasteiger partial charge in [0, 0.05) is 6.54 Å². The van der Waals surface area contributed by atoms with Gasteiger partial charge in [-0.2, -0.15) is 26.6 Å². The number of ether oxygens (including phenoxy) is 2. The van der Waals surface area contributed by atoms with E-state index in [1.807, 2.05) is 0 Å². The van der Waals surface area contributed by atoms with E-state index in [2.05, 4.69) is 30.1 Å². The van der Waals surface area contributed by atoms with Gasteiger partial charge in [0.15, 0.2) is 5.69 Å². The molecule has 45 heavy (non-hydrogen) atoms. The van der Waals surface area contributed by atoms with E-state index in [0.29, 0.717) is 11.3 Å². The minimum absolute atomic E-state index is 0.0149. The standard InChI is InChI=1S/C14H15N3O6S.C13H18F3N2O2P/c1-9-15-11(14(18)22-3)12(21-2)13(16-9)23-24(19,20)17-10-7-5-4-6-8-10;1-21(2,20)9-18-12(19)8-17-7-10-3-5-11(6-4-10)13(14,15)16/h4-8,17H,1-3H3;3-6,17H,7-9H2,1-2H3,(H,18,19). The third-order valence-corrected chi connectivity index (χ3v) is 7.07. The second kappa shape index (κ2) is 16.2. The summed E-state index contributed by atoms with van der Waals surface area (Å²) in [6.07, 6.45) is -4.21. The highest BCUT2D eigenvalue weighted by Crippen LogP contribution is 2.33. The van der Waals surface area contributed by atoms with Crippen LogP contribution in [0.5, 0.6) is 11.6 Å². The van der Waals surface area contributed by atoms with Crippen molar-refractivity contribution in [3.63, 3.8) is 0 Å². The Bertz CT molecular complexity index is 1600. The number of nitrogens with one attached hydrogen (secondary N) is 3. The average molecular weight is 676 g/mol. The summed E-state index contributed by atoms with van der Waals surface area (Å²) < 4.78 is 89.5. The molecular formula is C27H33F3N5O8PS. The van der Waals surface area contributed by atoms with Gasteiger partial charge >= 0.3 is 22.4 Å². The number of carbonyl (C=O) groups is 2. The molecule has 0 aliphatic carbocycles. The normalized spacial score (nSPS) is 11.5. The Morgan fingerprint density at radius 2 is 1.60 bits per heavy atom. The van der Waals surface area contributed by atoms with Crippen LogP contribution >= 0.6 is 7.14 Å². The van der Waals surface area contributed by atoms with Crippen molar-refractivity contribution in [2.45, 2.75) is 19.6 Å². The summed E-state index contributed by atoms with van der Waals surface area (Å²) in [5.41, 5.74) is 0.00550. The van der Waals surface area contributed by atoms with Crippen molar-refractivity contribution < 1.29 is 49.4 Å². The molecular weight excluding hydrogens is 642 g/mol. The zero-order chi connectivity index (χ0) is 33.8. The highest BCUT2D eigenvalue weighted by atomic mass is 32.2. The van der Waals surface area contributed by atoms with Gasteiger partial charge in [-0.1, -0.05) is 30.3 Å². The van der Waals surface area contributed by atoms with E-state index in [1.54, 1.807) is 43.7 Å². The number of hydrogen-bond donors (Lipinski definition) is 3. The van der Waals surface area contributed by atoms with Gasteiger partial charge < -0.3 is 28.9 Å². The number of amides is 1. The SMILES string of the molecule is COC(=O)c1nc(C)nc(OS(=O)(=O)Nc2ccccc2)c1OC.CP(C)(=O)CNC(=O)CNCc1ccc(C(F)(F)F)cc1. The Morgan fingerprint density at radius 1 is 0.978 bits per heavy atom. The Morgan fingerprint density at radius 3 is 2.13 bits per heavy atom. The molecule has 0 radical (unpaired) electrons. The van der Waals surface area contributed by atoms with Gasteiger partial charge in [-0.05, 0) is 50.1 Å². The Kier molecular flexibility index (Phi) is 13.3. The fourth-order valence-electron chi connectivity index (χ4n) is 3.26. The van der Waals surface area contributed by atoms with E-state index in [4.69, 9.17) is 8.92 Å². The number of para-hydroxylation sites is 1. The van der Waals surface area contributed by atoms with Crippen LogP contribution in [-0.2, 0) is 37.1 Å². The highest BCUT2D eigenvalue weighted by molar-refractivity contribution is 7.88. The first-order chi connectivity index (χ1) is 20.9. The second-order valence-corrected chi connectivity index (χ2v) is 14.3. The number of hydrogen-bond acceptors (Lipinski definition) is 11. The van der Waals surface area contributed by atoms with Crippen molar-refractivity contribution in [3.05, 3.63) is 77.2 Å². The van der Waals surface area contributed by atoms with Gasteiger partial charge in [0.1, 0.15) is 5.82 Å². The number of carbonyl (C=O) groups excluding carboxylic acids is 2. The molecule has 3 N–H and O–H groups in total. The lowest BCUT2D eigenvalue weighted by atomic mass is 10.1. The van der Waals surface area contributed by atoms with Crippen molar-refractivity contribution in [3.8, 4) is 11.6 Å². The number of nitrogens with zero attached hydrogens (tertiary/aromatic N) is 2. The molecule has 0 bridgehead atoms. The average Bonchev–Trinajstić information content (AvgIpc) is 2.95. The van der Waals surface area contributed by atoms with E-state index in [9.17, 15) is 35.7 Å². The van der Waals surface area contributed by atoms with Gasteiger partial charge in [0.25, 0.3) is 5.88 Å². The van der Waals surface area contributed by atoms with E-state index < -0.39 is 41.0 Å². The number of benzene rings is 2. The molecule has 1 amide bonds. The van der Waals surface area contributed by atoms with E-state index in [0.717, 1.165) is 19.2 Å². The van der Waals surface area contributed by atoms with E-state index >= 15 is 0 Å². The Labute approximate surface area is 258 Å². The molecule has 0 fully saturated rings. The molecule has 0 aliphatic heterocycles. The lowest BCUT2D eigenvalue weighted by Crippen LogP contribution is -2.34. The molecule has 0 saturated carbocycles. The lowest BCUT2D eigenvalue weighted by Gasteiger charge is -2.13. The van der Waals surface area contributed by atoms with Gasteiger partial charge in [-0.25, -0.2) is 9.78 Å². The summed E-state index contributed by atoms with van der Waals surface area (Å²) in [6, 6.07) is 12.9. The first-order valence-corrected chi connectivity index (χ1v) is 17.1. The quantitative estimate of drug-likeness (QED) is 0.188. The van der Waals surface area contributed by atoms with E-state index in [-0.39, 0.29) is 42.6 Å². The van der Waals surface area contributed by atoms with Crippen LogP contribution in [0.15, 0.2) is 54.6 Å². The van der Waals surface area contributed by atoms with Gasteiger partial charge in [-0.15, -0.1) is 0 Å². The van der Waals surface area contributed by atoms with Crippen molar-refractivity contribution >= 4 is 35.0 Å². The van der Waals surface area contributed by atoms with Crippen LogP contribution in [0, 0.1) is 6.92 Å². The summed E-state index contributed by atoms with van der Waals surface area (Å²) in [7, 11) is -4.17. The summed E-state index contributed by atoms with van der Waals surface area (Å²) in [5.74, 6) is -1.66. The maximum atomic E-state index is 12.4. The minimum Gasteiger partial charge on any atom is -0.489 e. The molecule has 0 spiro atoms. The maximum Gasteiger partial charge on any atom is 0.416 e. The van der Waals surface area contributed by atoms with Crippen LogP contribution in [-0.4, -0.2) is 70.6 Å². The van der Waals surface area contributed by atoms with E-state index in [1.165, 1.54) is 26.2 Å². The molecule has 18 heteroatoms. The lowest BCUT2D eigenvalue weighted by molar-refractivity contribution is -0.137. The number of esters is 1. The number of rotatable bonds is 12. The third kappa shape index (κ3) is 13.1. The number of alkyl halides is 3. The smallest absolute Gasteiger partial charge is 0.416 e. The predicted octanol–water partition coefficient (Wildman–Crippen LogP) is 3.81. The van der Waals surface area contributed by atoms with Crippen LogP contribution in [0.25, 0.3) is 0 Å². The molecule has 3 aromatic rings. The number of anilines is 1. The number of aryl methyl sites for hydroxylation is 1. The third-order valence-electron chi connectivity index (χ3n) is 5.29. The zero-order valence-electron chi connectivity index (χ0n) is 25.0. The highest BCUT2D eigenvalue weighted by Gasteiger charge is 2.30.